The molecule has 1 aromatic rings. The lowest BCUT2D eigenvalue weighted by molar-refractivity contribution is -0.132. The van der Waals surface area contributed by atoms with Gasteiger partial charge >= 0.3 is 0 Å². The van der Waals surface area contributed by atoms with Crippen LogP contribution in [0.3, 0.4) is 0 Å². The number of nitrogens with one attached hydrogen (secondary N) is 1. The normalized spacial score (nSPS) is 13.7. The number of amides is 1. The summed E-state index contributed by atoms with van der Waals surface area (Å²) < 4.78 is 5.42. The second-order valence-corrected chi connectivity index (χ2v) is 6.54. The summed E-state index contributed by atoms with van der Waals surface area (Å²) in [6.45, 7) is 12.0. The molecule has 0 radical (unpaired) electrons. The average Bonchev–Trinajstić information content (AvgIpc) is 2.38. The van der Waals surface area contributed by atoms with Gasteiger partial charge in [-0.3, -0.25) is 4.79 Å². The zero-order valence-electron chi connectivity index (χ0n) is 14.0. The van der Waals surface area contributed by atoms with Gasteiger partial charge in [-0.25, -0.2) is 0 Å². The van der Waals surface area contributed by atoms with E-state index in [9.17, 15) is 4.79 Å². The summed E-state index contributed by atoms with van der Waals surface area (Å²) in [5, 5.41) is 3.03. The second kappa shape index (κ2) is 6.48. The van der Waals surface area contributed by atoms with Crippen molar-refractivity contribution in [2.75, 3.05) is 6.61 Å². The topological polar surface area (TPSA) is 64.3 Å². The third-order valence-corrected chi connectivity index (χ3v) is 4.22. The van der Waals surface area contributed by atoms with E-state index in [1.54, 1.807) is 0 Å². The largest absolute Gasteiger partial charge is 0.494 e. The van der Waals surface area contributed by atoms with E-state index >= 15 is 0 Å². The summed E-state index contributed by atoms with van der Waals surface area (Å²) in [5.74, 6) is 0.791. The van der Waals surface area contributed by atoms with Gasteiger partial charge < -0.3 is 15.8 Å². The van der Waals surface area contributed by atoms with Crippen LogP contribution in [0.5, 0.6) is 5.75 Å². The first kappa shape index (κ1) is 17.5. The third-order valence-electron chi connectivity index (χ3n) is 4.22. The molecule has 0 fully saturated rings. The van der Waals surface area contributed by atoms with Gasteiger partial charge in [-0.2, -0.15) is 0 Å². The van der Waals surface area contributed by atoms with Crippen LogP contribution < -0.4 is 15.8 Å². The average molecular weight is 292 g/mol. The molecule has 0 saturated heterocycles. The number of benzene rings is 1. The van der Waals surface area contributed by atoms with E-state index in [1.165, 1.54) is 0 Å². The molecule has 21 heavy (non-hydrogen) atoms. The summed E-state index contributed by atoms with van der Waals surface area (Å²) in [7, 11) is 0. The monoisotopic (exact) mass is 292 g/mol. The van der Waals surface area contributed by atoms with Crippen LogP contribution in [0.2, 0.25) is 0 Å². The SMILES string of the molecule is CCOc1ccc(C(C)NC(=O)C(C)(C)C(C)(C)N)cc1. The molecular formula is C17H28N2O2. The number of nitrogens with two attached hydrogens (primary N) is 1. The highest BCUT2D eigenvalue weighted by atomic mass is 16.5. The molecule has 4 nitrogen and oxygen atoms in total. The standard InChI is InChI=1S/C17H28N2O2/c1-7-21-14-10-8-13(9-11-14)12(2)19-15(20)16(3,4)17(5,6)18/h8-12H,7,18H2,1-6H3,(H,19,20). The first-order valence-corrected chi connectivity index (χ1v) is 7.42. The van der Waals surface area contributed by atoms with Crippen molar-refractivity contribution in [1.82, 2.24) is 5.32 Å². The Morgan fingerprint density at radius 3 is 2.19 bits per heavy atom. The maximum atomic E-state index is 12.4. The van der Waals surface area contributed by atoms with Crippen LogP contribution in [0, 0.1) is 5.41 Å². The highest BCUT2D eigenvalue weighted by Gasteiger charge is 2.40. The van der Waals surface area contributed by atoms with Gasteiger partial charge in [0.25, 0.3) is 0 Å². The molecule has 0 spiro atoms. The molecule has 0 heterocycles. The molecule has 4 heteroatoms. The van der Waals surface area contributed by atoms with E-state index in [-0.39, 0.29) is 11.9 Å². The van der Waals surface area contributed by atoms with Crippen molar-refractivity contribution >= 4 is 5.91 Å². The molecule has 0 aliphatic rings. The zero-order chi connectivity index (χ0) is 16.3. The molecule has 0 aliphatic carbocycles. The molecule has 0 aromatic heterocycles. The minimum Gasteiger partial charge on any atom is -0.494 e. The lowest BCUT2D eigenvalue weighted by atomic mass is 9.74. The fourth-order valence-electron chi connectivity index (χ4n) is 1.77. The fourth-order valence-corrected chi connectivity index (χ4v) is 1.77. The van der Waals surface area contributed by atoms with Gasteiger partial charge in [-0.1, -0.05) is 12.1 Å². The summed E-state index contributed by atoms with van der Waals surface area (Å²) in [4.78, 5) is 12.4. The molecule has 0 saturated carbocycles. The number of carbonyl (C=O) groups is 1. The van der Waals surface area contributed by atoms with Gasteiger partial charge in [0.2, 0.25) is 5.91 Å². The van der Waals surface area contributed by atoms with Gasteiger partial charge in [-0.15, -0.1) is 0 Å². The predicted molar refractivity (Wildman–Crippen MR) is 86.2 cm³/mol. The number of carbonyl (C=O) groups excluding carboxylic acids is 1. The zero-order valence-corrected chi connectivity index (χ0v) is 14.0. The molecule has 1 unspecified atom stereocenters. The van der Waals surface area contributed by atoms with Gasteiger partial charge in [0.15, 0.2) is 0 Å². The molecule has 0 aliphatic heterocycles. The van der Waals surface area contributed by atoms with Crippen LogP contribution in [0.4, 0.5) is 0 Å². The Labute approximate surface area is 128 Å². The molecule has 3 N–H and O–H groups in total. The summed E-state index contributed by atoms with van der Waals surface area (Å²) >= 11 is 0. The summed E-state index contributed by atoms with van der Waals surface area (Å²) in [5.41, 5.74) is 5.91. The number of hydrogen-bond acceptors (Lipinski definition) is 3. The van der Waals surface area contributed by atoms with E-state index in [0.29, 0.717) is 6.61 Å². The molecule has 1 amide bonds. The molecule has 1 atom stereocenters. The van der Waals surface area contributed by atoms with Gasteiger partial charge in [0.1, 0.15) is 5.75 Å². The van der Waals surface area contributed by atoms with Crippen LogP contribution in [0.25, 0.3) is 0 Å². The van der Waals surface area contributed by atoms with Gasteiger partial charge in [0, 0.05) is 5.54 Å². The molecule has 1 rings (SSSR count). The Bertz CT molecular complexity index is 473. The predicted octanol–water partition coefficient (Wildman–Crippen LogP) is 3.03. The summed E-state index contributed by atoms with van der Waals surface area (Å²) in [6, 6.07) is 7.70. The third kappa shape index (κ3) is 4.21. The number of ether oxygens (including phenoxy) is 1. The first-order chi connectivity index (χ1) is 9.59. The number of hydrogen-bond donors (Lipinski definition) is 2. The lowest BCUT2D eigenvalue weighted by Crippen LogP contribution is -2.55. The Kier molecular flexibility index (Phi) is 5.40. The highest BCUT2D eigenvalue weighted by Crippen LogP contribution is 2.29. The van der Waals surface area contributed by atoms with Crippen molar-refractivity contribution in [3.05, 3.63) is 29.8 Å². The van der Waals surface area contributed by atoms with E-state index in [0.717, 1.165) is 11.3 Å². The van der Waals surface area contributed by atoms with Crippen LogP contribution in [-0.4, -0.2) is 18.1 Å². The van der Waals surface area contributed by atoms with E-state index in [2.05, 4.69) is 5.32 Å². The Morgan fingerprint density at radius 1 is 1.24 bits per heavy atom. The van der Waals surface area contributed by atoms with E-state index < -0.39 is 11.0 Å². The van der Waals surface area contributed by atoms with Crippen molar-refractivity contribution < 1.29 is 9.53 Å². The van der Waals surface area contributed by atoms with Crippen LogP contribution in [0.1, 0.15) is 53.1 Å². The van der Waals surface area contributed by atoms with Crippen LogP contribution in [0.15, 0.2) is 24.3 Å². The van der Waals surface area contributed by atoms with Crippen LogP contribution in [-0.2, 0) is 4.79 Å². The van der Waals surface area contributed by atoms with Crippen LogP contribution >= 0.6 is 0 Å². The van der Waals surface area contributed by atoms with Crippen molar-refractivity contribution in [2.24, 2.45) is 11.1 Å². The molecule has 1 aromatic carbocycles. The molecule has 0 bridgehead atoms. The summed E-state index contributed by atoms with van der Waals surface area (Å²) in [6.07, 6.45) is 0. The van der Waals surface area contributed by atoms with E-state index in [1.807, 2.05) is 65.8 Å². The van der Waals surface area contributed by atoms with Gasteiger partial charge in [0.05, 0.1) is 18.1 Å². The Balaban J connectivity index is 2.77. The number of rotatable bonds is 6. The molecular weight excluding hydrogens is 264 g/mol. The van der Waals surface area contributed by atoms with Crippen molar-refractivity contribution in [1.29, 1.82) is 0 Å². The Hall–Kier alpha value is -1.55. The van der Waals surface area contributed by atoms with Crippen molar-refractivity contribution in [2.45, 2.75) is 53.1 Å². The highest BCUT2D eigenvalue weighted by molar-refractivity contribution is 5.83. The maximum Gasteiger partial charge on any atom is 0.227 e. The van der Waals surface area contributed by atoms with Gasteiger partial charge in [-0.05, 0) is 59.2 Å². The quantitative estimate of drug-likeness (QED) is 0.847. The fraction of sp³-hybridized carbons (Fsp3) is 0.588. The van der Waals surface area contributed by atoms with Crippen molar-refractivity contribution in [3.8, 4) is 5.75 Å². The smallest absolute Gasteiger partial charge is 0.227 e. The maximum absolute atomic E-state index is 12.4. The first-order valence-electron chi connectivity index (χ1n) is 7.42. The van der Waals surface area contributed by atoms with Crippen molar-refractivity contribution in [3.63, 3.8) is 0 Å². The second-order valence-electron chi connectivity index (χ2n) is 6.54. The molecule has 118 valence electrons. The lowest BCUT2D eigenvalue weighted by Gasteiger charge is -2.37. The Morgan fingerprint density at radius 2 is 1.76 bits per heavy atom. The minimum atomic E-state index is -0.646. The van der Waals surface area contributed by atoms with E-state index in [4.69, 9.17) is 10.5 Å². The minimum absolute atomic E-state index is 0.0450.